The van der Waals surface area contributed by atoms with Crippen LogP contribution in [0.1, 0.15) is 24.9 Å². The lowest BCUT2D eigenvalue weighted by molar-refractivity contribution is -0.143. The Morgan fingerprint density at radius 1 is 0.636 bits per heavy atom. The van der Waals surface area contributed by atoms with Gasteiger partial charge in [-0.1, -0.05) is 102 Å². The molecule has 17 heteroatoms. The number of hydrogen-bond acceptors (Lipinski definition) is 11. The summed E-state index contributed by atoms with van der Waals surface area (Å²) in [6, 6.07) is 30.8. The van der Waals surface area contributed by atoms with Crippen molar-refractivity contribution in [2.75, 3.05) is 6.61 Å². The van der Waals surface area contributed by atoms with E-state index in [-0.39, 0.29) is 28.7 Å². The molecular formula is C38H36N4O11S2. The Bertz CT molecular complexity index is 2470. The van der Waals surface area contributed by atoms with Gasteiger partial charge in [-0.25, -0.2) is 31.9 Å². The molecule has 4 aromatic carbocycles. The molecule has 15 nitrogen and oxygen atoms in total. The van der Waals surface area contributed by atoms with E-state index < -0.39 is 38.6 Å². The van der Waals surface area contributed by atoms with Crippen molar-refractivity contribution in [2.45, 2.75) is 36.2 Å². The van der Waals surface area contributed by atoms with Gasteiger partial charge < -0.3 is 24.0 Å². The largest absolute Gasteiger partial charge is 0.481 e. The van der Waals surface area contributed by atoms with E-state index in [0.29, 0.717) is 51.6 Å². The molecule has 0 spiro atoms. The van der Waals surface area contributed by atoms with Crippen LogP contribution in [0.2, 0.25) is 0 Å². The maximum absolute atomic E-state index is 11.5. The summed E-state index contributed by atoms with van der Waals surface area (Å²) in [6.07, 6.45) is 0.392. The monoisotopic (exact) mass is 788 g/mol. The zero-order valence-electron chi connectivity index (χ0n) is 29.2. The Labute approximate surface area is 316 Å². The molecular weight excluding hydrogens is 753 g/mol. The second kappa shape index (κ2) is 17.4. The van der Waals surface area contributed by atoms with Crippen molar-refractivity contribution in [3.63, 3.8) is 0 Å². The van der Waals surface area contributed by atoms with E-state index in [9.17, 15) is 26.4 Å². The first-order chi connectivity index (χ1) is 26.1. The Hall–Kier alpha value is -5.98. The van der Waals surface area contributed by atoms with Crippen LogP contribution < -0.4 is 10.3 Å². The quantitative estimate of drug-likeness (QED) is 0.105. The summed E-state index contributed by atoms with van der Waals surface area (Å²) >= 11 is 0. The van der Waals surface area contributed by atoms with Gasteiger partial charge in [0, 0.05) is 24.0 Å². The van der Waals surface area contributed by atoms with E-state index in [1.165, 1.54) is 24.3 Å². The Balaban J connectivity index is 0.000000211. The van der Waals surface area contributed by atoms with Crippen LogP contribution in [0.15, 0.2) is 128 Å². The number of aliphatic carboxylic acids is 2. The maximum atomic E-state index is 11.5. The van der Waals surface area contributed by atoms with Crippen LogP contribution in [0, 0.1) is 5.92 Å². The fourth-order valence-corrected chi connectivity index (χ4v) is 6.64. The predicted molar refractivity (Wildman–Crippen MR) is 200 cm³/mol. The van der Waals surface area contributed by atoms with Gasteiger partial charge in [0.2, 0.25) is 20.0 Å². The lowest BCUT2D eigenvalue weighted by Crippen LogP contribution is -2.11. The molecule has 55 heavy (non-hydrogen) atoms. The highest BCUT2D eigenvalue weighted by atomic mass is 32.2. The van der Waals surface area contributed by atoms with Crippen LogP contribution in [0.4, 0.5) is 0 Å². The Morgan fingerprint density at radius 2 is 1.05 bits per heavy atom. The average molecular weight is 789 g/mol. The minimum Gasteiger partial charge on any atom is -0.481 e. The predicted octanol–water partition coefficient (Wildman–Crippen LogP) is 5.57. The first-order valence-corrected chi connectivity index (χ1v) is 19.6. The molecule has 0 saturated carbocycles. The number of carboxylic acid groups (broad SMARTS) is 2. The van der Waals surface area contributed by atoms with Gasteiger partial charge in [-0.15, -0.1) is 0 Å². The second-order valence-electron chi connectivity index (χ2n) is 12.3. The lowest BCUT2D eigenvalue weighted by atomic mass is 9.94. The molecule has 1 unspecified atom stereocenters. The molecule has 6 rings (SSSR count). The van der Waals surface area contributed by atoms with Gasteiger partial charge in [0.15, 0.2) is 5.76 Å². The standard InChI is InChI=1S/C20H20N2O5S.C18H16N2O6S/c1-13(12-18(23)24)11-17-19(14-7-9-16(10-8-14)28(21,25)26)20(22-27-17)15-5-3-2-4-6-15;19-27(23,24)14-8-6-12(7-9-14)17-15(10-25-11-16(21)22)26-20-18(17)13-4-2-1-3-5-13/h2-10,13H,11-12H2,1H3,(H,23,24)(H2,21,25,26);1-9H,10-11H2,(H,21,22)(H2,19,23,24). The lowest BCUT2D eigenvalue weighted by Gasteiger charge is -2.09. The second-order valence-corrected chi connectivity index (χ2v) is 15.4. The van der Waals surface area contributed by atoms with E-state index >= 15 is 0 Å². The van der Waals surface area contributed by atoms with Gasteiger partial charge in [-0.05, 0) is 41.3 Å². The van der Waals surface area contributed by atoms with Crippen LogP contribution >= 0.6 is 0 Å². The number of aromatic nitrogens is 2. The topological polar surface area (TPSA) is 256 Å². The van der Waals surface area contributed by atoms with Crippen LogP contribution in [0.3, 0.4) is 0 Å². The van der Waals surface area contributed by atoms with Gasteiger partial charge >= 0.3 is 11.9 Å². The molecule has 0 bridgehead atoms. The zero-order chi connectivity index (χ0) is 39.8. The highest BCUT2D eigenvalue weighted by molar-refractivity contribution is 7.89. The molecule has 2 heterocycles. The van der Waals surface area contributed by atoms with E-state index in [2.05, 4.69) is 10.3 Å². The maximum Gasteiger partial charge on any atom is 0.329 e. The van der Waals surface area contributed by atoms with Crippen molar-refractivity contribution >= 4 is 32.0 Å². The fraction of sp³-hybridized carbons (Fsp3) is 0.158. The van der Waals surface area contributed by atoms with Crippen LogP contribution in [-0.4, -0.2) is 55.9 Å². The first-order valence-electron chi connectivity index (χ1n) is 16.5. The highest BCUT2D eigenvalue weighted by Crippen LogP contribution is 2.37. The average Bonchev–Trinajstić information content (AvgIpc) is 3.76. The molecule has 0 saturated heterocycles. The van der Waals surface area contributed by atoms with Crippen LogP contribution in [0.5, 0.6) is 0 Å². The van der Waals surface area contributed by atoms with Gasteiger partial charge in [-0.2, -0.15) is 0 Å². The third kappa shape index (κ3) is 10.6. The number of ether oxygens (including phenoxy) is 1. The molecule has 0 aliphatic carbocycles. The molecule has 0 aliphatic heterocycles. The third-order valence-electron chi connectivity index (χ3n) is 8.08. The molecule has 0 aliphatic rings. The van der Waals surface area contributed by atoms with E-state index in [0.717, 1.165) is 11.1 Å². The van der Waals surface area contributed by atoms with Crippen LogP contribution in [-0.2, 0) is 47.4 Å². The van der Waals surface area contributed by atoms with Crippen molar-refractivity contribution in [1.29, 1.82) is 0 Å². The molecule has 0 fully saturated rings. The number of benzene rings is 4. The van der Waals surface area contributed by atoms with Crippen molar-refractivity contribution in [1.82, 2.24) is 10.3 Å². The number of nitrogens with two attached hydrogens (primary N) is 2. The number of carboxylic acids is 2. The first kappa shape index (κ1) is 40.2. The summed E-state index contributed by atoms with van der Waals surface area (Å²) in [6.45, 7) is 1.25. The van der Waals surface area contributed by atoms with E-state index in [1.54, 1.807) is 24.3 Å². The number of carbonyl (C=O) groups is 2. The zero-order valence-corrected chi connectivity index (χ0v) is 30.9. The number of primary sulfonamides is 2. The minimum absolute atomic E-state index is 0.00512. The number of nitrogens with zero attached hydrogens (tertiary/aromatic N) is 2. The Morgan fingerprint density at radius 3 is 1.45 bits per heavy atom. The van der Waals surface area contributed by atoms with Gasteiger partial charge in [0.1, 0.15) is 30.4 Å². The SMILES string of the molecule is CC(CC(=O)O)Cc1onc(-c2ccccc2)c1-c1ccc(S(N)(=O)=O)cc1.NS(=O)(=O)c1ccc(-c2c(-c3ccccc3)noc2COCC(=O)O)cc1. The molecule has 1 atom stereocenters. The summed E-state index contributed by atoms with van der Waals surface area (Å²) in [5, 5.41) is 36.3. The Kier molecular flexibility index (Phi) is 12.8. The van der Waals surface area contributed by atoms with Gasteiger partial charge in [0.05, 0.1) is 20.9 Å². The van der Waals surface area contributed by atoms with Crippen molar-refractivity contribution in [3.05, 3.63) is 121 Å². The van der Waals surface area contributed by atoms with Gasteiger partial charge in [0.25, 0.3) is 0 Å². The van der Waals surface area contributed by atoms with E-state index in [4.69, 9.17) is 34.3 Å². The summed E-state index contributed by atoms with van der Waals surface area (Å²) in [5.74, 6) is -1.25. The highest BCUT2D eigenvalue weighted by Gasteiger charge is 2.23. The summed E-state index contributed by atoms with van der Waals surface area (Å²) in [4.78, 5) is 21.6. The smallest absolute Gasteiger partial charge is 0.329 e. The fourth-order valence-electron chi connectivity index (χ4n) is 5.61. The summed E-state index contributed by atoms with van der Waals surface area (Å²) in [5.41, 5.74) is 5.43. The van der Waals surface area contributed by atoms with E-state index in [1.807, 2.05) is 67.6 Å². The van der Waals surface area contributed by atoms with Gasteiger partial charge in [-0.3, -0.25) is 4.79 Å². The van der Waals surface area contributed by atoms with Crippen LogP contribution in [0.25, 0.3) is 44.8 Å². The molecule has 0 radical (unpaired) electrons. The summed E-state index contributed by atoms with van der Waals surface area (Å²) in [7, 11) is -7.61. The molecule has 6 N–H and O–H groups in total. The third-order valence-corrected chi connectivity index (χ3v) is 9.94. The minimum atomic E-state index is -3.81. The number of sulfonamides is 2. The molecule has 286 valence electrons. The van der Waals surface area contributed by atoms with Crippen molar-refractivity contribution < 1.29 is 50.4 Å². The van der Waals surface area contributed by atoms with Crippen molar-refractivity contribution in [3.8, 4) is 44.8 Å². The molecule has 2 aromatic heterocycles. The number of rotatable bonds is 14. The molecule has 6 aromatic rings. The summed E-state index contributed by atoms with van der Waals surface area (Å²) < 4.78 is 62.0. The normalized spacial score (nSPS) is 12.1. The van der Waals surface area contributed by atoms with Crippen molar-refractivity contribution in [2.24, 2.45) is 16.2 Å². The number of hydrogen-bond donors (Lipinski definition) is 4. The molecule has 0 amide bonds.